The van der Waals surface area contributed by atoms with Gasteiger partial charge in [0.15, 0.2) is 0 Å². The molecule has 0 aliphatic heterocycles. The molecule has 0 fully saturated rings. The van der Waals surface area contributed by atoms with Crippen LogP contribution in [0.1, 0.15) is 18.1 Å². The van der Waals surface area contributed by atoms with E-state index in [9.17, 15) is 14.4 Å². The van der Waals surface area contributed by atoms with E-state index in [4.69, 9.17) is 16.3 Å². The molecule has 0 aliphatic carbocycles. The quantitative estimate of drug-likeness (QED) is 0.391. The summed E-state index contributed by atoms with van der Waals surface area (Å²) in [6.45, 7) is 1.39. The van der Waals surface area contributed by atoms with Gasteiger partial charge in [0, 0.05) is 23.3 Å². The summed E-state index contributed by atoms with van der Waals surface area (Å²) in [5, 5.41) is 6.19. The molecule has 2 aromatic carbocycles. The van der Waals surface area contributed by atoms with Crippen LogP contribution in [0.3, 0.4) is 0 Å². The van der Waals surface area contributed by atoms with E-state index in [0.717, 1.165) is 11.6 Å². The van der Waals surface area contributed by atoms with E-state index in [2.05, 4.69) is 15.4 Å². The van der Waals surface area contributed by atoms with Gasteiger partial charge in [-0.2, -0.15) is 0 Å². The maximum atomic E-state index is 12.1. The second-order valence-electron chi connectivity index (χ2n) is 6.07. The minimum absolute atomic E-state index is 0.120. The monoisotopic (exact) mass is 428 g/mol. The van der Waals surface area contributed by atoms with Crippen LogP contribution in [0.2, 0.25) is 5.02 Å². The van der Waals surface area contributed by atoms with Crippen LogP contribution in [0.25, 0.3) is 12.2 Å². The molecular formula is C22H21ClN2O5. The highest BCUT2D eigenvalue weighted by Gasteiger charge is 2.15. The first-order chi connectivity index (χ1) is 14.3. The smallest absolute Gasteiger partial charge is 0.354 e. The highest BCUT2D eigenvalue weighted by Crippen LogP contribution is 2.25. The predicted molar refractivity (Wildman–Crippen MR) is 117 cm³/mol. The summed E-state index contributed by atoms with van der Waals surface area (Å²) >= 11 is 5.91. The first kappa shape index (κ1) is 22.7. The minimum atomic E-state index is -0.752. The Labute approximate surface area is 179 Å². The topological polar surface area (TPSA) is 93.7 Å². The van der Waals surface area contributed by atoms with Gasteiger partial charge in [-0.25, -0.2) is 9.59 Å². The molecule has 0 aromatic heterocycles. The molecule has 0 spiro atoms. The Morgan fingerprint density at radius 2 is 1.63 bits per heavy atom. The van der Waals surface area contributed by atoms with Crippen molar-refractivity contribution in [3.05, 3.63) is 70.4 Å². The van der Waals surface area contributed by atoms with Crippen LogP contribution < -0.4 is 10.6 Å². The zero-order valence-electron chi connectivity index (χ0n) is 16.7. The first-order valence-corrected chi connectivity index (χ1v) is 9.20. The van der Waals surface area contributed by atoms with Crippen molar-refractivity contribution in [2.45, 2.75) is 6.92 Å². The molecule has 0 saturated carbocycles. The van der Waals surface area contributed by atoms with Gasteiger partial charge in [-0.15, -0.1) is 0 Å². The number of nitrogens with one attached hydrogen (secondary N) is 2. The van der Waals surface area contributed by atoms with E-state index >= 15 is 0 Å². The number of amides is 1. The molecule has 2 aromatic rings. The summed E-state index contributed by atoms with van der Waals surface area (Å²) < 4.78 is 9.32. The van der Waals surface area contributed by atoms with Crippen molar-refractivity contribution in [3.8, 4) is 0 Å². The molecule has 7 nitrogen and oxygen atoms in total. The summed E-state index contributed by atoms with van der Waals surface area (Å²) in [5.41, 5.74) is 2.46. The Kier molecular flexibility index (Phi) is 8.19. The molecular weight excluding hydrogens is 408 g/mol. The number of rotatable bonds is 7. The van der Waals surface area contributed by atoms with Crippen LogP contribution in [0.15, 0.2) is 54.2 Å². The van der Waals surface area contributed by atoms with Gasteiger partial charge in [0.1, 0.15) is 5.70 Å². The number of methoxy groups -OCH3 is 2. The van der Waals surface area contributed by atoms with Gasteiger partial charge in [0.05, 0.1) is 20.3 Å². The third-order valence-electron chi connectivity index (χ3n) is 3.84. The van der Waals surface area contributed by atoms with Gasteiger partial charge < -0.3 is 20.1 Å². The van der Waals surface area contributed by atoms with Gasteiger partial charge in [0.2, 0.25) is 5.91 Å². The number of anilines is 2. The molecule has 1 amide bonds. The number of halogens is 1. The highest BCUT2D eigenvalue weighted by molar-refractivity contribution is 6.30. The Bertz CT molecular complexity index is 997. The van der Waals surface area contributed by atoms with E-state index in [1.165, 1.54) is 21.1 Å². The zero-order chi connectivity index (χ0) is 22.1. The van der Waals surface area contributed by atoms with Crippen molar-refractivity contribution in [1.82, 2.24) is 0 Å². The maximum Gasteiger partial charge on any atom is 0.354 e. The van der Waals surface area contributed by atoms with Crippen molar-refractivity contribution >= 4 is 53.0 Å². The molecule has 0 heterocycles. The Balaban J connectivity index is 2.45. The third-order valence-corrected chi connectivity index (χ3v) is 4.09. The first-order valence-electron chi connectivity index (χ1n) is 8.82. The lowest BCUT2D eigenvalue weighted by atomic mass is 10.1. The fourth-order valence-corrected chi connectivity index (χ4v) is 2.55. The lowest BCUT2D eigenvalue weighted by Gasteiger charge is -2.14. The average Bonchev–Trinajstić information content (AvgIpc) is 2.72. The number of hydrogen-bond donors (Lipinski definition) is 2. The number of esters is 2. The fraction of sp³-hybridized carbons (Fsp3) is 0.136. The van der Waals surface area contributed by atoms with E-state index in [0.29, 0.717) is 22.0 Å². The van der Waals surface area contributed by atoms with Crippen molar-refractivity contribution < 1.29 is 23.9 Å². The number of hydrogen-bond acceptors (Lipinski definition) is 6. The number of ether oxygens (including phenoxy) is 2. The van der Waals surface area contributed by atoms with Crippen LogP contribution in [0.5, 0.6) is 0 Å². The van der Waals surface area contributed by atoms with E-state index in [-0.39, 0.29) is 11.6 Å². The highest BCUT2D eigenvalue weighted by atomic mass is 35.5. The molecule has 0 bridgehead atoms. The standard InChI is InChI=1S/C22H21ClN2O5/c1-14(26)24-18-11-8-16(7-4-15-5-9-17(23)10-6-15)19(12-18)25-20(22(28)30-3)13-21(27)29-2/h4-13,25H,1-3H3,(H,24,26)/b7-4?,20-13+. The second kappa shape index (κ2) is 10.8. The lowest BCUT2D eigenvalue weighted by Crippen LogP contribution is -2.16. The summed E-state index contributed by atoms with van der Waals surface area (Å²) in [4.78, 5) is 35.1. The van der Waals surface area contributed by atoms with Crippen LogP contribution in [-0.2, 0) is 23.9 Å². The van der Waals surface area contributed by atoms with E-state index < -0.39 is 11.9 Å². The lowest BCUT2D eigenvalue weighted by molar-refractivity contribution is -0.138. The van der Waals surface area contributed by atoms with Gasteiger partial charge in [-0.05, 0) is 35.4 Å². The van der Waals surface area contributed by atoms with E-state index in [1.54, 1.807) is 30.3 Å². The van der Waals surface area contributed by atoms with Crippen molar-refractivity contribution in [2.75, 3.05) is 24.9 Å². The summed E-state index contributed by atoms with van der Waals surface area (Å²) in [6.07, 6.45) is 4.66. The van der Waals surface area contributed by atoms with E-state index in [1.807, 2.05) is 24.3 Å². The minimum Gasteiger partial charge on any atom is -0.466 e. The van der Waals surface area contributed by atoms with Gasteiger partial charge >= 0.3 is 11.9 Å². The largest absolute Gasteiger partial charge is 0.466 e. The van der Waals surface area contributed by atoms with Crippen LogP contribution >= 0.6 is 11.6 Å². The Morgan fingerprint density at radius 3 is 2.23 bits per heavy atom. The number of carbonyl (C=O) groups excluding carboxylic acids is 3. The molecule has 156 valence electrons. The molecule has 0 radical (unpaired) electrons. The maximum absolute atomic E-state index is 12.1. The summed E-state index contributed by atoms with van der Waals surface area (Å²) in [5.74, 6) is -1.72. The molecule has 2 rings (SSSR count). The second-order valence-corrected chi connectivity index (χ2v) is 6.50. The number of benzene rings is 2. The fourth-order valence-electron chi connectivity index (χ4n) is 2.43. The number of carbonyl (C=O) groups is 3. The molecule has 0 unspecified atom stereocenters. The SMILES string of the molecule is COC(=O)/C=C(/Nc1cc(NC(C)=O)ccc1C=Cc1ccc(Cl)cc1)C(=O)OC. The van der Waals surface area contributed by atoms with Crippen LogP contribution in [-0.4, -0.2) is 32.1 Å². The van der Waals surface area contributed by atoms with Crippen molar-refractivity contribution in [2.24, 2.45) is 0 Å². The molecule has 0 aliphatic rings. The van der Waals surface area contributed by atoms with Crippen LogP contribution in [0, 0.1) is 0 Å². The molecule has 0 saturated heterocycles. The summed E-state index contributed by atoms with van der Waals surface area (Å²) in [7, 11) is 2.40. The van der Waals surface area contributed by atoms with Gasteiger partial charge in [-0.3, -0.25) is 4.79 Å². The molecule has 2 N–H and O–H groups in total. The molecule has 30 heavy (non-hydrogen) atoms. The predicted octanol–water partition coefficient (Wildman–Crippen LogP) is 4.11. The average molecular weight is 429 g/mol. The third kappa shape index (κ3) is 6.79. The van der Waals surface area contributed by atoms with Crippen LogP contribution in [0.4, 0.5) is 11.4 Å². The Morgan fingerprint density at radius 1 is 0.933 bits per heavy atom. The molecule has 0 atom stereocenters. The van der Waals surface area contributed by atoms with Crippen molar-refractivity contribution in [1.29, 1.82) is 0 Å². The van der Waals surface area contributed by atoms with Gasteiger partial charge in [0.25, 0.3) is 0 Å². The zero-order valence-corrected chi connectivity index (χ0v) is 17.4. The van der Waals surface area contributed by atoms with Gasteiger partial charge in [-0.1, -0.05) is 42.0 Å². The Hall–Kier alpha value is -3.58. The normalized spacial score (nSPS) is 11.1. The van der Waals surface area contributed by atoms with Crippen molar-refractivity contribution in [3.63, 3.8) is 0 Å². The summed E-state index contributed by atoms with van der Waals surface area (Å²) in [6, 6.07) is 12.4. The molecule has 8 heteroatoms.